The minimum atomic E-state index is -3.88. The van der Waals surface area contributed by atoms with Crippen molar-refractivity contribution in [3.63, 3.8) is 0 Å². The molecule has 0 fully saturated rings. The van der Waals surface area contributed by atoms with Gasteiger partial charge < -0.3 is 9.47 Å². The minimum absolute atomic E-state index is 0.0106. The number of carbonyl (C=O) groups excluding carboxylic acids is 1. The molecule has 2 aromatic carbocycles. The predicted molar refractivity (Wildman–Crippen MR) is 97.5 cm³/mol. The Labute approximate surface area is 153 Å². The molecule has 2 rings (SSSR count). The lowest BCUT2D eigenvalue weighted by atomic mass is 10.1. The highest BCUT2D eigenvalue weighted by Crippen LogP contribution is 2.16. The molecule has 8 heteroatoms. The Morgan fingerprint density at radius 2 is 1.58 bits per heavy atom. The number of benzene rings is 2. The summed E-state index contributed by atoms with van der Waals surface area (Å²) in [5.41, 5.74) is 4.15. The Kier molecular flexibility index (Phi) is 6.59. The minimum Gasteiger partial charge on any atom is -0.494 e. The average Bonchev–Trinajstić information content (AvgIpc) is 2.58. The van der Waals surface area contributed by atoms with Crippen LogP contribution >= 0.6 is 0 Å². The van der Waals surface area contributed by atoms with E-state index >= 15 is 0 Å². The van der Waals surface area contributed by atoms with Crippen molar-refractivity contribution in [2.24, 2.45) is 0 Å². The Morgan fingerprint density at radius 3 is 2.15 bits per heavy atom. The summed E-state index contributed by atoms with van der Waals surface area (Å²) >= 11 is 0. The first kappa shape index (κ1) is 19.7. The molecule has 0 saturated heterocycles. The molecule has 0 heterocycles. The second-order valence-corrected chi connectivity index (χ2v) is 7.35. The smallest absolute Gasteiger partial charge is 0.272 e. The number of hydrogen-bond donors (Lipinski definition) is 2. The molecule has 0 saturated carbocycles. The van der Waals surface area contributed by atoms with Gasteiger partial charge in [0.05, 0.1) is 11.5 Å². The molecule has 0 aliphatic heterocycles. The van der Waals surface area contributed by atoms with E-state index in [0.29, 0.717) is 18.1 Å². The standard InChI is InChI=1S/C18H22N2O5S/c1-4-24-15-5-7-17(8-6-15)26(22,23)20-19-18(21)12-25-16-10-13(2)9-14(3)11-16/h5-11,20H,4,12H2,1-3H3,(H,19,21). The van der Waals surface area contributed by atoms with Crippen LogP contribution in [0, 0.1) is 13.8 Å². The Balaban J connectivity index is 1.89. The van der Waals surface area contributed by atoms with E-state index in [0.717, 1.165) is 11.1 Å². The monoisotopic (exact) mass is 378 g/mol. The van der Waals surface area contributed by atoms with Gasteiger partial charge in [-0.25, -0.2) is 8.42 Å². The average molecular weight is 378 g/mol. The molecule has 0 aliphatic carbocycles. The summed E-state index contributed by atoms with van der Waals surface area (Å²) in [5, 5.41) is 0. The van der Waals surface area contributed by atoms with Crippen LogP contribution < -0.4 is 19.7 Å². The first-order chi connectivity index (χ1) is 12.3. The number of hydrazine groups is 1. The maximum Gasteiger partial charge on any atom is 0.272 e. The van der Waals surface area contributed by atoms with Crippen molar-refractivity contribution >= 4 is 15.9 Å². The highest BCUT2D eigenvalue weighted by molar-refractivity contribution is 7.89. The van der Waals surface area contributed by atoms with Gasteiger partial charge >= 0.3 is 0 Å². The molecule has 0 radical (unpaired) electrons. The number of ether oxygens (including phenoxy) is 2. The highest BCUT2D eigenvalue weighted by Gasteiger charge is 2.15. The summed E-state index contributed by atoms with van der Waals surface area (Å²) in [5.74, 6) is 0.503. The van der Waals surface area contributed by atoms with Crippen molar-refractivity contribution in [1.29, 1.82) is 0 Å². The van der Waals surface area contributed by atoms with Gasteiger partial charge in [-0.05, 0) is 68.3 Å². The van der Waals surface area contributed by atoms with E-state index in [1.807, 2.05) is 31.7 Å². The van der Waals surface area contributed by atoms with Gasteiger partial charge in [-0.2, -0.15) is 0 Å². The fourth-order valence-corrected chi connectivity index (χ4v) is 3.13. The predicted octanol–water partition coefficient (Wildman–Crippen LogP) is 2.09. The van der Waals surface area contributed by atoms with Gasteiger partial charge in [-0.3, -0.25) is 10.2 Å². The third kappa shape index (κ3) is 5.75. The zero-order chi connectivity index (χ0) is 19.2. The summed E-state index contributed by atoms with van der Waals surface area (Å²) in [6.07, 6.45) is 0. The van der Waals surface area contributed by atoms with Crippen LogP contribution in [0.1, 0.15) is 18.1 Å². The molecule has 0 aliphatic rings. The van der Waals surface area contributed by atoms with Crippen molar-refractivity contribution in [3.05, 3.63) is 53.6 Å². The molecule has 140 valence electrons. The summed E-state index contributed by atoms with van der Waals surface area (Å²) in [4.78, 5) is 13.9. The normalized spacial score (nSPS) is 11.0. The van der Waals surface area contributed by atoms with E-state index in [4.69, 9.17) is 9.47 Å². The molecular weight excluding hydrogens is 356 g/mol. The van der Waals surface area contributed by atoms with Crippen LogP contribution in [0.15, 0.2) is 47.4 Å². The summed E-state index contributed by atoms with van der Waals surface area (Å²) in [7, 11) is -3.88. The third-order valence-corrected chi connectivity index (χ3v) is 4.60. The van der Waals surface area contributed by atoms with Crippen molar-refractivity contribution < 1.29 is 22.7 Å². The number of hydrogen-bond acceptors (Lipinski definition) is 5. The zero-order valence-corrected chi connectivity index (χ0v) is 15.7. The Hall–Kier alpha value is -2.58. The highest BCUT2D eigenvalue weighted by atomic mass is 32.2. The second kappa shape index (κ2) is 8.68. The summed E-state index contributed by atoms with van der Waals surface area (Å²) in [6, 6.07) is 11.5. The maximum absolute atomic E-state index is 12.2. The van der Waals surface area contributed by atoms with Crippen LogP contribution in [0.5, 0.6) is 11.5 Å². The number of sulfonamides is 1. The number of nitrogens with one attached hydrogen (secondary N) is 2. The van der Waals surface area contributed by atoms with Crippen LogP contribution in [-0.4, -0.2) is 27.5 Å². The van der Waals surface area contributed by atoms with Crippen LogP contribution in [0.3, 0.4) is 0 Å². The van der Waals surface area contributed by atoms with Crippen LogP contribution in [0.2, 0.25) is 0 Å². The molecule has 2 aromatic rings. The second-order valence-electron chi connectivity index (χ2n) is 5.67. The van der Waals surface area contributed by atoms with E-state index < -0.39 is 15.9 Å². The van der Waals surface area contributed by atoms with Crippen LogP contribution in [0.25, 0.3) is 0 Å². The van der Waals surface area contributed by atoms with Gasteiger partial charge in [0.1, 0.15) is 11.5 Å². The number of carbonyl (C=O) groups is 1. The Bertz CT molecular complexity index is 843. The van der Waals surface area contributed by atoms with E-state index in [9.17, 15) is 13.2 Å². The molecular formula is C18H22N2O5S. The van der Waals surface area contributed by atoms with E-state index in [-0.39, 0.29) is 11.5 Å². The SMILES string of the molecule is CCOc1ccc(S(=O)(=O)NNC(=O)COc2cc(C)cc(C)c2)cc1. The van der Waals surface area contributed by atoms with Gasteiger partial charge in [0.25, 0.3) is 15.9 Å². The number of rotatable bonds is 8. The number of amides is 1. The molecule has 7 nitrogen and oxygen atoms in total. The van der Waals surface area contributed by atoms with Gasteiger partial charge in [0, 0.05) is 0 Å². The van der Waals surface area contributed by atoms with Gasteiger partial charge in [-0.1, -0.05) is 6.07 Å². The van der Waals surface area contributed by atoms with Gasteiger partial charge in [0.2, 0.25) is 0 Å². The largest absolute Gasteiger partial charge is 0.494 e. The fraction of sp³-hybridized carbons (Fsp3) is 0.278. The molecule has 0 bridgehead atoms. The summed E-state index contributed by atoms with van der Waals surface area (Å²) < 4.78 is 35.0. The zero-order valence-electron chi connectivity index (χ0n) is 14.9. The number of aryl methyl sites for hydroxylation is 2. The van der Waals surface area contributed by atoms with Crippen molar-refractivity contribution in [1.82, 2.24) is 10.3 Å². The van der Waals surface area contributed by atoms with E-state index in [1.165, 1.54) is 12.1 Å². The summed E-state index contributed by atoms with van der Waals surface area (Å²) in [6.45, 7) is 5.85. The quantitative estimate of drug-likeness (QED) is 0.686. The van der Waals surface area contributed by atoms with Crippen LogP contribution in [-0.2, 0) is 14.8 Å². The molecule has 1 amide bonds. The first-order valence-corrected chi connectivity index (χ1v) is 9.53. The molecule has 0 atom stereocenters. The molecule has 0 unspecified atom stereocenters. The van der Waals surface area contributed by atoms with Crippen LogP contribution in [0.4, 0.5) is 0 Å². The van der Waals surface area contributed by atoms with Gasteiger partial charge in [-0.15, -0.1) is 4.83 Å². The first-order valence-electron chi connectivity index (χ1n) is 8.05. The molecule has 0 spiro atoms. The Morgan fingerprint density at radius 1 is 0.962 bits per heavy atom. The lowest BCUT2D eigenvalue weighted by Crippen LogP contribution is -2.43. The lowest BCUT2D eigenvalue weighted by Gasteiger charge is -2.11. The van der Waals surface area contributed by atoms with Crippen molar-refractivity contribution in [2.45, 2.75) is 25.7 Å². The fourth-order valence-electron chi connectivity index (χ4n) is 2.27. The van der Waals surface area contributed by atoms with Crippen molar-refractivity contribution in [3.8, 4) is 11.5 Å². The van der Waals surface area contributed by atoms with E-state index in [1.54, 1.807) is 24.3 Å². The molecule has 2 N–H and O–H groups in total. The third-order valence-electron chi connectivity index (χ3n) is 3.33. The van der Waals surface area contributed by atoms with E-state index in [2.05, 4.69) is 5.43 Å². The lowest BCUT2D eigenvalue weighted by molar-refractivity contribution is -0.123. The van der Waals surface area contributed by atoms with Gasteiger partial charge in [0.15, 0.2) is 6.61 Å². The molecule has 26 heavy (non-hydrogen) atoms. The topological polar surface area (TPSA) is 93.7 Å². The molecule has 0 aromatic heterocycles. The van der Waals surface area contributed by atoms with Crippen molar-refractivity contribution in [2.75, 3.05) is 13.2 Å². The maximum atomic E-state index is 12.2.